The summed E-state index contributed by atoms with van der Waals surface area (Å²) in [4.78, 5) is 42.6. The van der Waals surface area contributed by atoms with E-state index in [0.29, 0.717) is 16.5 Å². The predicted octanol–water partition coefficient (Wildman–Crippen LogP) is 3.03. The van der Waals surface area contributed by atoms with E-state index in [1.807, 2.05) is 0 Å². The Hall–Kier alpha value is -3.74. The van der Waals surface area contributed by atoms with Crippen LogP contribution in [0.5, 0.6) is 0 Å². The van der Waals surface area contributed by atoms with Crippen molar-refractivity contribution in [2.45, 2.75) is 13.0 Å². The highest BCUT2D eigenvalue weighted by Crippen LogP contribution is 2.15. The van der Waals surface area contributed by atoms with Crippen molar-refractivity contribution in [1.29, 1.82) is 0 Å². The fraction of sp³-hybridized carbons (Fsp3) is 0.143. The van der Waals surface area contributed by atoms with Gasteiger partial charge in [-0.05, 0) is 42.8 Å². The van der Waals surface area contributed by atoms with Gasteiger partial charge in [0.25, 0.3) is 5.56 Å². The van der Waals surface area contributed by atoms with E-state index in [1.165, 1.54) is 13.2 Å². The number of aromatic amines is 1. The molecule has 0 unspecified atom stereocenters. The van der Waals surface area contributed by atoms with Gasteiger partial charge in [-0.1, -0.05) is 24.3 Å². The van der Waals surface area contributed by atoms with Gasteiger partial charge in [0.2, 0.25) is 0 Å². The number of fused-ring (bicyclic) bond motifs is 1. The Morgan fingerprint density at radius 3 is 2.54 bits per heavy atom. The lowest BCUT2D eigenvalue weighted by molar-refractivity contribution is -0.142. The van der Waals surface area contributed by atoms with E-state index >= 15 is 0 Å². The highest BCUT2D eigenvalue weighted by Gasteiger charge is 2.14. The van der Waals surface area contributed by atoms with E-state index in [9.17, 15) is 14.4 Å². The molecule has 0 saturated carbocycles. The maximum atomic E-state index is 12.1. The number of carbonyl (C=O) groups is 2. The second-order valence-corrected chi connectivity index (χ2v) is 5.99. The molecule has 1 aromatic heterocycles. The molecule has 7 nitrogen and oxygen atoms in total. The van der Waals surface area contributed by atoms with Gasteiger partial charge in [0.05, 0.1) is 23.6 Å². The standard InChI is InChI=1S/C21H18N2O5/c1-13(19-22-17-6-4-3-5-16(17)20(25)23-19)28-18(24)12-9-14-7-10-15(11-8-14)21(26)27-2/h3-13H,1-2H3,(H,22,23,25)/b12-9+/t13-/m1/s1. The lowest BCUT2D eigenvalue weighted by atomic mass is 10.1. The minimum Gasteiger partial charge on any atom is -0.465 e. The van der Waals surface area contributed by atoms with Crippen molar-refractivity contribution < 1.29 is 19.1 Å². The van der Waals surface area contributed by atoms with Crippen LogP contribution in [0.15, 0.2) is 59.4 Å². The molecule has 28 heavy (non-hydrogen) atoms. The summed E-state index contributed by atoms with van der Waals surface area (Å²) >= 11 is 0. The summed E-state index contributed by atoms with van der Waals surface area (Å²) in [5, 5.41) is 0.472. The smallest absolute Gasteiger partial charge is 0.337 e. The monoisotopic (exact) mass is 378 g/mol. The van der Waals surface area contributed by atoms with Crippen molar-refractivity contribution in [3.8, 4) is 0 Å². The maximum absolute atomic E-state index is 12.1. The molecule has 0 spiro atoms. The van der Waals surface area contributed by atoms with E-state index in [2.05, 4.69) is 14.7 Å². The maximum Gasteiger partial charge on any atom is 0.337 e. The van der Waals surface area contributed by atoms with Crippen LogP contribution in [0.3, 0.4) is 0 Å². The lowest BCUT2D eigenvalue weighted by Gasteiger charge is -2.11. The molecule has 3 rings (SSSR count). The topological polar surface area (TPSA) is 98.3 Å². The Labute approximate surface area is 160 Å². The quantitative estimate of drug-likeness (QED) is 0.541. The molecule has 3 aromatic rings. The molecule has 1 heterocycles. The number of rotatable bonds is 5. The molecular weight excluding hydrogens is 360 g/mol. The van der Waals surface area contributed by atoms with Crippen LogP contribution in [0.25, 0.3) is 17.0 Å². The molecule has 0 aliphatic heterocycles. The van der Waals surface area contributed by atoms with Gasteiger partial charge in [0, 0.05) is 6.08 Å². The normalized spacial score (nSPS) is 12.1. The van der Waals surface area contributed by atoms with Crippen LogP contribution < -0.4 is 5.56 Å². The number of para-hydroxylation sites is 1. The SMILES string of the molecule is COC(=O)c1ccc(/C=C/C(=O)O[C@H](C)c2nc3ccccc3c(=O)[nH]2)cc1. The second kappa shape index (κ2) is 8.30. The Kier molecular flexibility index (Phi) is 5.64. The largest absolute Gasteiger partial charge is 0.465 e. The first-order valence-electron chi connectivity index (χ1n) is 8.54. The van der Waals surface area contributed by atoms with Crippen molar-refractivity contribution in [3.05, 3.63) is 81.9 Å². The van der Waals surface area contributed by atoms with Gasteiger partial charge in [-0.2, -0.15) is 0 Å². The molecule has 1 atom stereocenters. The van der Waals surface area contributed by atoms with E-state index in [4.69, 9.17) is 4.74 Å². The number of methoxy groups -OCH3 is 1. The zero-order chi connectivity index (χ0) is 20.1. The summed E-state index contributed by atoms with van der Waals surface area (Å²) in [5.41, 5.74) is 1.38. The van der Waals surface area contributed by atoms with Crippen molar-refractivity contribution in [2.24, 2.45) is 0 Å². The number of hydrogen-bond donors (Lipinski definition) is 1. The third-order valence-corrected chi connectivity index (χ3v) is 4.05. The molecule has 142 valence electrons. The molecule has 0 fully saturated rings. The first-order valence-corrected chi connectivity index (χ1v) is 8.54. The number of ether oxygens (including phenoxy) is 2. The second-order valence-electron chi connectivity index (χ2n) is 5.99. The van der Waals surface area contributed by atoms with Gasteiger partial charge in [-0.3, -0.25) is 4.79 Å². The zero-order valence-corrected chi connectivity index (χ0v) is 15.3. The van der Waals surface area contributed by atoms with Crippen molar-refractivity contribution >= 4 is 28.9 Å². The number of carbonyl (C=O) groups excluding carboxylic acids is 2. The molecule has 0 aliphatic rings. The minimum absolute atomic E-state index is 0.271. The van der Waals surface area contributed by atoms with E-state index < -0.39 is 18.0 Å². The van der Waals surface area contributed by atoms with E-state index in [1.54, 1.807) is 61.5 Å². The Morgan fingerprint density at radius 2 is 1.82 bits per heavy atom. The summed E-state index contributed by atoms with van der Waals surface area (Å²) in [6.45, 7) is 1.63. The molecule has 0 aliphatic carbocycles. The van der Waals surface area contributed by atoms with Crippen LogP contribution in [0.2, 0.25) is 0 Å². The lowest BCUT2D eigenvalue weighted by Crippen LogP contribution is -2.16. The van der Waals surface area contributed by atoms with Gasteiger partial charge >= 0.3 is 11.9 Å². The number of esters is 2. The van der Waals surface area contributed by atoms with Gasteiger partial charge in [-0.15, -0.1) is 0 Å². The zero-order valence-electron chi connectivity index (χ0n) is 15.3. The molecule has 0 saturated heterocycles. The third-order valence-electron chi connectivity index (χ3n) is 4.05. The first kappa shape index (κ1) is 19.0. The average Bonchev–Trinajstić information content (AvgIpc) is 2.72. The number of H-pyrrole nitrogens is 1. The van der Waals surface area contributed by atoms with Crippen LogP contribution in [0.1, 0.15) is 34.8 Å². The Bertz CT molecular complexity index is 1100. The van der Waals surface area contributed by atoms with E-state index in [0.717, 1.165) is 5.56 Å². The average molecular weight is 378 g/mol. The van der Waals surface area contributed by atoms with Crippen LogP contribution in [-0.4, -0.2) is 29.0 Å². The number of nitrogens with one attached hydrogen (secondary N) is 1. The van der Waals surface area contributed by atoms with Gasteiger partial charge in [-0.25, -0.2) is 14.6 Å². The van der Waals surface area contributed by atoms with Gasteiger partial charge in [0.1, 0.15) is 0 Å². The number of hydrogen-bond acceptors (Lipinski definition) is 6. The summed E-state index contributed by atoms with van der Waals surface area (Å²) in [6, 6.07) is 13.5. The summed E-state index contributed by atoms with van der Waals surface area (Å²) in [7, 11) is 1.31. The van der Waals surface area contributed by atoms with Crippen LogP contribution in [0, 0.1) is 0 Å². The van der Waals surface area contributed by atoms with Crippen LogP contribution >= 0.6 is 0 Å². The highest BCUT2D eigenvalue weighted by molar-refractivity contribution is 5.90. The first-order chi connectivity index (χ1) is 13.5. The number of nitrogens with zero attached hydrogens (tertiary/aromatic N) is 1. The van der Waals surface area contributed by atoms with Crippen molar-refractivity contribution in [1.82, 2.24) is 9.97 Å². The van der Waals surface area contributed by atoms with Gasteiger partial charge in [0.15, 0.2) is 11.9 Å². The van der Waals surface area contributed by atoms with Crippen molar-refractivity contribution in [2.75, 3.05) is 7.11 Å². The third kappa shape index (κ3) is 4.32. The molecule has 7 heteroatoms. The predicted molar refractivity (Wildman–Crippen MR) is 104 cm³/mol. The van der Waals surface area contributed by atoms with Crippen LogP contribution in [-0.2, 0) is 14.3 Å². The molecule has 0 amide bonds. The minimum atomic E-state index is -0.726. The van der Waals surface area contributed by atoms with Gasteiger partial charge < -0.3 is 14.5 Å². The fourth-order valence-electron chi connectivity index (χ4n) is 2.58. The number of benzene rings is 2. The van der Waals surface area contributed by atoms with Crippen molar-refractivity contribution in [3.63, 3.8) is 0 Å². The molecule has 0 radical (unpaired) electrons. The highest BCUT2D eigenvalue weighted by atomic mass is 16.5. The summed E-state index contributed by atoms with van der Waals surface area (Å²) in [6.07, 6.45) is 2.10. The molecule has 0 bridgehead atoms. The summed E-state index contributed by atoms with van der Waals surface area (Å²) in [5.74, 6) is -0.742. The van der Waals surface area contributed by atoms with E-state index in [-0.39, 0.29) is 11.4 Å². The molecular formula is C21H18N2O5. The molecule has 1 N–H and O–H groups in total. The Balaban J connectivity index is 1.68. The van der Waals surface area contributed by atoms with Crippen LogP contribution in [0.4, 0.5) is 0 Å². The summed E-state index contributed by atoms with van der Waals surface area (Å²) < 4.78 is 9.94. The number of aromatic nitrogens is 2. The molecule has 2 aromatic carbocycles. The Morgan fingerprint density at radius 1 is 1.11 bits per heavy atom. The fourth-order valence-corrected chi connectivity index (χ4v) is 2.58.